The van der Waals surface area contributed by atoms with Gasteiger partial charge in [0.1, 0.15) is 12.1 Å². The van der Waals surface area contributed by atoms with Gasteiger partial charge in [-0.25, -0.2) is 13.2 Å². The van der Waals surface area contributed by atoms with Crippen LogP contribution in [0.15, 0.2) is 72.8 Å². The van der Waals surface area contributed by atoms with Crippen molar-refractivity contribution in [2.24, 2.45) is 0 Å². The van der Waals surface area contributed by atoms with Gasteiger partial charge >= 0.3 is 6.03 Å². The van der Waals surface area contributed by atoms with E-state index in [9.17, 15) is 22.8 Å². The molecule has 0 radical (unpaired) electrons. The quantitative estimate of drug-likeness (QED) is 0.553. The second kappa shape index (κ2) is 8.49. The molecule has 3 aromatic carbocycles. The van der Waals surface area contributed by atoms with Gasteiger partial charge in [0.25, 0.3) is 5.91 Å². The fourth-order valence-electron chi connectivity index (χ4n) is 5.02. The number of hydrogen-bond acceptors (Lipinski definition) is 5. The van der Waals surface area contributed by atoms with E-state index in [1.54, 1.807) is 43.3 Å². The average Bonchev–Trinajstić information content (AvgIpc) is 3.30. The number of carbonyl (C=O) groups excluding carboxylic acids is 3. The van der Waals surface area contributed by atoms with Crippen LogP contribution in [0.4, 0.5) is 10.5 Å². The highest BCUT2D eigenvalue weighted by molar-refractivity contribution is 7.91. The topological polar surface area (TPSA) is 104 Å². The van der Waals surface area contributed by atoms with Crippen LogP contribution in [0.1, 0.15) is 18.9 Å². The molecule has 5 rings (SSSR count). The van der Waals surface area contributed by atoms with Crippen LogP contribution >= 0.6 is 0 Å². The van der Waals surface area contributed by atoms with Crippen LogP contribution < -0.4 is 10.2 Å². The molecule has 2 fully saturated rings. The summed E-state index contributed by atoms with van der Waals surface area (Å²) in [7, 11) is -3.26. The van der Waals surface area contributed by atoms with Gasteiger partial charge in [0.05, 0.1) is 17.5 Å². The molecular weight excluding hydrogens is 466 g/mol. The number of nitrogens with zero attached hydrogens (tertiary/aromatic N) is 2. The van der Waals surface area contributed by atoms with E-state index in [0.29, 0.717) is 17.7 Å². The number of para-hydroxylation sites is 1. The van der Waals surface area contributed by atoms with E-state index in [1.165, 1.54) is 4.90 Å². The molecule has 0 bridgehead atoms. The first-order valence-electron chi connectivity index (χ1n) is 11.4. The molecular formula is C26H25N3O5S. The summed E-state index contributed by atoms with van der Waals surface area (Å²) in [6, 6.07) is 20.7. The zero-order valence-electron chi connectivity index (χ0n) is 19.2. The second-order valence-corrected chi connectivity index (χ2v) is 11.4. The number of hydrogen-bond donors (Lipinski definition) is 1. The Labute approximate surface area is 203 Å². The average molecular weight is 492 g/mol. The lowest BCUT2D eigenvalue weighted by Crippen LogP contribution is -2.48. The number of nitrogens with one attached hydrogen (secondary N) is 1. The van der Waals surface area contributed by atoms with E-state index < -0.39 is 45.8 Å². The van der Waals surface area contributed by atoms with Crippen LogP contribution in [0.5, 0.6) is 0 Å². The fourth-order valence-corrected chi connectivity index (χ4v) is 6.72. The summed E-state index contributed by atoms with van der Waals surface area (Å²) in [6.07, 6.45) is 0.302. The molecule has 8 nitrogen and oxygen atoms in total. The SMILES string of the molecule is C[C@@]1(c2cccc3ccccc23)NC(=O)N(CC(=O)N(c2ccccc2)[C@H]2CCS(=O)(=O)C2)C1=O. The van der Waals surface area contributed by atoms with Gasteiger partial charge in [-0.3, -0.25) is 14.5 Å². The van der Waals surface area contributed by atoms with Gasteiger partial charge < -0.3 is 10.2 Å². The highest BCUT2D eigenvalue weighted by atomic mass is 32.2. The van der Waals surface area contributed by atoms with Crippen LogP contribution in [0.3, 0.4) is 0 Å². The molecule has 2 aliphatic rings. The van der Waals surface area contributed by atoms with Crippen molar-refractivity contribution in [3.05, 3.63) is 78.4 Å². The number of urea groups is 1. The minimum Gasteiger partial charge on any atom is -0.319 e. The molecule has 0 aliphatic carbocycles. The lowest BCUT2D eigenvalue weighted by atomic mass is 9.88. The van der Waals surface area contributed by atoms with Gasteiger partial charge in [0.15, 0.2) is 9.84 Å². The summed E-state index contributed by atoms with van der Waals surface area (Å²) >= 11 is 0. The van der Waals surface area contributed by atoms with E-state index >= 15 is 0 Å². The number of sulfone groups is 1. The Morgan fingerprint density at radius 1 is 1.03 bits per heavy atom. The molecule has 2 aliphatic heterocycles. The van der Waals surface area contributed by atoms with E-state index in [-0.39, 0.29) is 11.5 Å². The van der Waals surface area contributed by atoms with E-state index in [4.69, 9.17) is 0 Å². The van der Waals surface area contributed by atoms with Crippen LogP contribution in [0.2, 0.25) is 0 Å². The maximum absolute atomic E-state index is 13.6. The third-order valence-corrected chi connectivity index (χ3v) is 8.52. The Hall–Kier alpha value is -3.72. The second-order valence-electron chi connectivity index (χ2n) is 9.13. The van der Waals surface area contributed by atoms with Gasteiger partial charge in [0, 0.05) is 5.69 Å². The van der Waals surface area contributed by atoms with Crippen molar-refractivity contribution in [1.29, 1.82) is 0 Å². The molecule has 180 valence electrons. The molecule has 1 N–H and O–H groups in total. The Balaban J connectivity index is 1.45. The number of anilines is 1. The van der Waals surface area contributed by atoms with Gasteiger partial charge in [-0.1, -0.05) is 60.7 Å². The fraction of sp³-hybridized carbons (Fsp3) is 0.269. The van der Waals surface area contributed by atoms with Crippen molar-refractivity contribution in [2.75, 3.05) is 23.0 Å². The lowest BCUT2D eigenvalue weighted by Gasteiger charge is -2.30. The molecule has 3 aromatic rings. The maximum atomic E-state index is 13.6. The van der Waals surface area contributed by atoms with Crippen LogP contribution in [0, 0.1) is 0 Å². The highest BCUT2D eigenvalue weighted by Gasteiger charge is 2.50. The van der Waals surface area contributed by atoms with Crippen molar-refractivity contribution >= 4 is 44.1 Å². The minimum atomic E-state index is -3.26. The number of imide groups is 1. The van der Waals surface area contributed by atoms with Crippen LogP contribution in [-0.2, 0) is 25.0 Å². The Kier molecular flexibility index (Phi) is 5.59. The summed E-state index contributed by atoms with van der Waals surface area (Å²) in [5.74, 6) is -1.19. The minimum absolute atomic E-state index is 0.00341. The monoisotopic (exact) mass is 491 g/mol. The normalized spacial score (nSPS) is 23.5. The lowest BCUT2D eigenvalue weighted by molar-refractivity contribution is -0.134. The smallest absolute Gasteiger partial charge is 0.319 e. The van der Waals surface area contributed by atoms with Gasteiger partial charge in [-0.15, -0.1) is 0 Å². The third-order valence-electron chi connectivity index (χ3n) is 6.77. The van der Waals surface area contributed by atoms with Crippen molar-refractivity contribution in [3.63, 3.8) is 0 Å². The van der Waals surface area contributed by atoms with Crippen LogP contribution in [0.25, 0.3) is 10.8 Å². The molecule has 0 saturated carbocycles. The first kappa shape index (κ1) is 23.0. The van der Waals surface area contributed by atoms with Gasteiger partial charge in [-0.2, -0.15) is 0 Å². The molecule has 0 spiro atoms. The van der Waals surface area contributed by atoms with Crippen molar-refractivity contribution in [2.45, 2.75) is 24.9 Å². The summed E-state index contributed by atoms with van der Waals surface area (Å²) in [5.41, 5.74) is -0.166. The van der Waals surface area contributed by atoms with Crippen molar-refractivity contribution < 1.29 is 22.8 Å². The van der Waals surface area contributed by atoms with Crippen molar-refractivity contribution in [3.8, 4) is 0 Å². The molecule has 2 heterocycles. The summed E-state index contributed by atoms with van der Waals surface area (Å²) in [4.78, 5) is 42.4. The zero-order valence-corrected chi connectivity index (χ0v) is 20.0. The van der Waals surface area contributed by atoms with E-state index in [1.807, 2.05) is 36.4 Å². The van der Waals surface area contributed by atoms with E-state index in [2.05, 4.69) is 5.32 Å². The van der Waals surface area contributed by atoms with Gasteiger partial charge in [0.2, 0.25) is 5.91 Å². The molecule has 35 heavy (non-hydrogen) atoms. The largest absolute Gasteiger partial charge is 0.325 e. The Morgan fingerprint density at radius 3 is 2.43 bits per heavy atom. The third kappa shape index (κ3) is 4.05. The number of rotatable bonds is 5. The molecule has 2 saturated heterocycles. The predicted molar refractivity (Wildman–Crippen MR) is 133 cm³/mol. The maximum Gasteiger partial charge on any atom is 0.325 e. The number of fused-ring (bicyclic) bond motifs is 1. The summed E-state index contributed by atoms with van der Waals surface area (Å²) < 4.78 is 24.3. The molecule has 0 unspecified atom stereocenters. The molecule has 2 atom stereocenters. The standard InChI is InChI=1S/C26H25N3O5S/c1-26(22-13-7-9-18-8-5-6-12-21(18)22)24(31)28(25(32)27-26)16-23(30)29(19-10-3-2-4-11-19)20-14-15-35(33,34)17-20/h2-13,20H,14-17H2,1H3,(H,27,32)/t20-,26-/m0/s1. The number of amides is 4. The van der Waals surface area contributed by atoms with Crippen LogP contribution in [-0.4, -0.2) is 55.3 Å². The molecule has 4 amide bonds. The number of benzene rings is 3. The predicted octanol–water partition coefficient (Wildman–Crippen LogP) is 2.83. The highest BCUT2D eigenvalue weighted by Crippen LogP contribution is 2.34. The first-order valence-corrected chi connectivity index (χ1v) is 13.2. The first-order chi connectivity index (χ1) is 16.7. The Morgan fingerprint density at radius 2 is 1.71 bits per heavy atom. The van der Waals surface area contributed by atoms with E-state index in [0.717, 1.165) is 15.7 Å². The van der Waals surface area contributed by atoms with Crippen molar-refractivity contribution in [1.82, 2.24) is 10.2 Å². The zero-order chi connectivity index (χ0) is 24.8. The van der Waals surface area contributed by atoms with Gasteiger partial charge in [-0.05, 0) is 41.8 Å². The number of carbonyl (C=O) groups is 3. The summed E-state index contributed by atoms with van der Waals surface area (Å²) in [6.45, 7) is 1.15. The molecule has 0 aromatic heterocycles. The summed E-state index contributed by atoms with van der Waals surface area (Å²) in [5, 5.41) is 4.54. The molecule has 9 heteroatoms. The Bertz CT molecular complexity index is 1430.